The summed E-state index contributed by atoms with van der Waals surface area (Å²) in [6.07, 6.45) is -1.02. The molecule has 0 aromatic heterocycles. The minimum absolute atomic E-state index is 0.126. The van der Waals surface area contributed by atoms with Gasteiger partial charge >= 0.3 is 13.8 Å². The lowest BCUT2D eigenvalue weighted by atomic mass is 9.79. The second kappa shape index (κ2) is 11.7. The van der Waals surface area contributed by atoms with Crippen LogP contribution in [0.25, 0.3) is 0 Å². The summed E-state index contributed by atoms with van der Waals surface area (Å²) >= 11 is 0. The number of nitro groups is 1. The number of fused-ring (bicyclic) bond motifs is 1. The van der Waals surface area contributed by atoms with Gasteiger partial charge in [-0.15, -0.1) is 0 Å². The number of esters is 1. The lowest BCUT2D eigenvalue weighted by Crippen LogP contribution is -2.63. The zero-order valence-corrected chi connectivity index (χ0v) is 23.5. The molecule has 12 nitrogen and oxygen atoms in total. The zero-order valence-electron chi connectivity index (χ0n) is 22.6. The van der Waals surface area contributed by atoms with Gasteiger partial charge in [-0.1, -0.05) is 43.3 Å². The first-order valence-corrected chi connectivity index (χ1v) is 14.5. The summed E-state index contributed by atoms with van der Waals surface area (Å²) in [7, 11) is -4.54. The number of hydrogen-bond acceptors (Lipinski definition) is 10. The van der Waals surface area contributed by atoms with Gasteiger partial charge in [0.1, 0.15) is 23.9 Å². The third-order valence-electron chi connectivity index (χ3n) is 6.95. The topological polar surface area (TPSA) is 155 Å². The highest BCUT2D eigenvalue weighted by Gasteiger charge is 2.62. The minimum Gasteiger partial charge on any atom is -0.456 e. The van der Waals surface area contributed by atoms with E-state index >= 15 is 0 Å². The van der Waals surface area contributed by atoms with E-state index in [1.807, 2.05) is 0 Å². The molecule has 2 aliphatic rings. The molecular formula is C29H27N2O10P. The summed E-state index contributed by atoms with van der Waals surface area (Å²) in [5.41, 5.74) is 0.0469. The number of non-ortho nitro benzene ring substituents is 1. The van der Waals surface area contributed by atoms with Crippen LogP contribution in [0.15, 0.2) is 96.4 Å². The van der Waals surface area contributed by atoms with Crippen molar-refractivity contribution >= 4 is 25.4 Å². The molecule has 1 fully saturated rings. The Kier molecular flexibility index (Phi) is 8.02. The van der Waals surface area contributed by atoms with E-state index in [9.17, 15) is 29.4 Å². The molecule has 3 aromatic rings. The van der Waals surface area contributed by atoms with E-state index in [0.717, 1.165) is 0 Å². The van der Waals surface area contributed by atoms with E-state index in [0.29, 0.717) is 5.56 Å². The monoisotopic (exact) mass is 594 g/mol. The largest absolute Gasteiger partial charge is 0.646 e. The Morgan fingerprint density at radius 3 is 2.02 bits per heavy atom. The summed E-state index contributed by atoms with van der Waals surface area (Å²) in [5.74, 6) is -2.82. The molecule has 0 saturated carbocycles. The zero-order chi connectivity index (χ0) is 30.0. The Morgan fingerprint density at radius 2 is 1.52 bits per heavy atom. The van der Waals surface area contributed by atoms with E-state index in [1.165, 1.54) is 36.1 Å². The lowest BCUT2D eigenvalue weighted by molar-refractivity contribution is -0.384. The Balaban J connectivity index is 1.48. The number of amides is 1. The molecule has 1 saturated heterocycles. The summed E-state index contributed by atoms with van der Waals surface area (Å²) in [6, 6.07) is 21.1. The van der Waals surface area contributed by atoms with Crippen molar-refractivity contribution in [3.8, 4) is 11.5 Å². The smallest absolute Gasteiger partial charge is 0.456 e. The quantitative estimate of drug-likeness (QED) is 0.106. The molecule has 0 bridgehead atoms. The maximum atomic E-state index is 14.2. The van der Waals surface area contributed by atoms with Gasteiger partial charge in [-0.05, 0) is 48.9 Å². The molecule has 2 aliphatic heterocycles. The van der Waals surface area contributed by atoms with Crippen LogP contribution in [0.4, 0.5) is 5.69 Å². The summed E-state index contributed by atoms with van der Waals surface area (Å²) in [5, 5.41) is 21.2. The normalized spacial score (nSPS) is 20.3. The number of para-hydroxylation sites is 2. The third-order valence-corrected chi connectivity index (χ3v) is 8.24. The Labute approximate surface area is 240 Å². The number of ether oxygens (including phenoxy) is 1. The van der Waals surface area contributed by atoms with Crippen LogP contribution in [0.1, 0.15) is 19.4 Å². The minimum atomic E-state index is -4.54. The summed E-state index contributed by atoms with van der Waals surface area (Å²) < 4.78 is 37.0. The SMILES string of the molecule is C[C@@H](O)C1C(=O)N2C(C(=O)OCc3ccc([N+](=O)[O-])cc3)=C(OP(=O)(Oc3ccccc3)Oc3ccccc3)[C@H](C)[C@@H]12. The first-order chi connectivity index (χ1) is 20.1. The molecule has 2 heterocycles. The lowest BCUT2D eigenvalue weighted by Gasteiger charge is -2.46. The number of aliphatic hydroxyl groups is 1. The van der Waals surface area contributed by atoms with Crippen molar-refractivity contribution in [3.63, 3.8) is 0 Å². The van der Waals surface area contributed by atoms with Crippen LogP contribution in [-0.4, -0.2) is 39.0 Å². The number of rotatable bonds is 11. The molecule has 0 radical (unpaired) electrons. The predicted molar refractivity (Wildman–Crippen MR) is 148 cm³/mol. The number of aliphatic hydroxyl groups excluding tert-OH is 1. The standard InChI is InChI=1S/C29H27N2O10P/c1-18-25-24(19(2)32)28(33)30(25)26(29(34)38-17-20-13-15-21(16-14-20)31(35)36)27(18)41-42(37,39-22-9-5-3-6-10-22)40-23-11-7-4-8-12-23/h3-16,18-19,24-25,32H,17H2,1-2H3/t18-,19-,24?,25+/m1/s1. The van der Waals surface area contributed by atoms with Crippen molar-refractivity contribution in [1.29, 1.82) is 0 Å². The number of phosphoric ester groups is 1. The Hall–Kier alpha value is -4.67. The number of β-lactam (4-membered cyclic amide) rings is 1. The molecule has 0 spiro atoms. The Morgan fingerprint density at radius 1 is 0.976 bits per heavy atom. The number of phosphoric acid groups is 1. The number of carbonyl (C=O) groups excluding carboxylic acids is 2. The highest BCUT2D eigenvalue weighted by atomic mass is 31.2. The number of carbonyl (C=O) groups is 2. The van der Waals surface area contributed by atoms with Crippen LogP contribution in [0.2, 0.25) is 0 Å². The fourth-order valence-electron chi connectivity index (χ4n) is 4.96. The van der Waals surface area contributed by atoms with E-state index in [-0.39, 0.29) is 35.2 Å². The van der Waals surface area contributed by atoms with Gasteiger partial charge in [0.15, 0.2) is 5.70 Å². The summed E-state index contributed by atoms with van der Waals surface area (Å²) in [6.45, 7) is 2.87. The fourth-order valence-corrected chi connectivity index (χ4v) is 6.33. The molecular weight excluding hydrogens is 567 g/mol. The average Bonchev–Trinajstić information content (AvgIpc) is 3.20. The van der Waals surface area contributed by atoms with Crippen molar-refractivity contribution in [2.24, 2.45) is 11.8 Å². The highest BCUT2D eigenvalue weighted by Crippen LogP contribution is 2.57. The molecule has 3 aromatic carbocycles. The molecule has 1 N–H and O–H groups in total. The second-order valence-electron chi connectivity index (χ2n) is 9.81. The first kappa shape index (κ1) is 28.8. The van der Waals surface area contributed by atoms with Crippen LogP contribution in [0.5, 0.6) is 11.5 Å². The average molecular weight is 595 g/mol. The van der Waals surface area contributed by atoms with Crippen molar-refractivity contribution in [1.82, 2.24) is 4.90 Å². The van der Waals surface area contributed by atoms with Crippen molar-refractivity contribution in [2.45, 2.75) is 32.6 Å². The van der Waals surface area contributed by atoms with Gasteiger partial charge < -0.3 is 23.4 Å². The van der Waals surface area contributed by atoms with Gasteiger partial charge in [0.2, 0.25) is 5.91 Å². The molecule has 13 heteroatoms. The first-order valence-electron chi connectivity index (χ1n) is 13.0. The van der Waals surface area contributed by atoms with Gasteiger partial charge in [0.05, 0.1) is 23.0 Å². The van der Waals surface area contributed by atoms with Crippen LogP contribution in [-0.2, 0) is 30.0 Å². The van der Waals surface area contributed by atoms with Crippen molar-refractivity contribution in [2.75, 3.05) is 0 Å². The predicted octanol–water partition coefficient (Wildman–Crippen LogP) is 4.99. The number of nitrogens with zero attached hydrogens (tertiary/aromatic N) is 2. The molecule has 5 rings (SSSR count). The highest BCUT2D eigenvalue weighted by molar-refractivity contribution is 7.49. The van der Waals surface area contributed by atoms with Crippen LogP contribution < -0.4 is 9.05 Å². The maximum Gasteiger partial charge on any atom is 0.646 e. The molecule has 1 amide bonds. The summed E-state index contributed by atoms with van der Waals surface area (Å²) in [4.78, 5) is 38.1. The van der Waals surface area contributed by atoms with Gasteiger partial charge in [0, 0.05) is 18.1 Å². The fraction of sp³-hybridized carbons (Fsp3) is 0.241. The van der Waals surface area contributed by atoms with Crippen LogP contribution in [0, 0.1) is 22.0 Å². The van der Waals surface area contributed by atoms with Crippen molar-refractivity contribution < 1.29 is 42.5 Å². The van der Waals surface area contributed by atoms with Crippen LogP contribution in [0.3, 0.4) is 0 Å². The molecule has 0 aliphatic carbocycles. The molecule has 42 heavy (non-hydrogen) atoms. The molecule has 218 valence electrons. The van der Waals surface area contributed by atoms with Crippen LogP contribution >= 0.6 is 7.82 Å². The van der Waals surface area contributed by atoms with Gasteiger partial charge in [-0.2, -0.15) is 4.57 Å². The second-order valence-corrected chi connectivity index (χ2v) is 11.3. The van der Waals surface area contributed by atoms with E-state index in [4.69, 9.17) is 18.3 Å². The number of nitro benzene ring substituents is 1. The number of hydrogen-bond donors (Lipinski definition) is 1. The number of benzene rings is 3. The van der Waals surface area contributed by atoms with E-state index < -0.39 is 48.6 Å². The van der Waals surface area contributed by atoms with Gasteiger partial charge in [0.25, 0.3) is 5.69 Å². The van der Waals surface area contributed by atoms with E-state index in [1.54, 1.807) is 67.6 Å². The van der Waals surface area contributed by atoms with Crippen molar-refractivity contribution in [3.05, 3.63) is 112 Å². The van der Waals surface area contributed by atoms with Gasteiger partial charge in [-0.3, -0.25) is 19.8 Å². The third kappa shape index (κ3) is 5.72. The van der Waals surface area contributed by atoms with E-state index in [2.05, 4.69) is 0 Å². The Bertz CT molecular complexity index is 1510. The molecule has 1 unspecified atom stereocenters. The van der Waals surface area contributed by atoms with Gasteiger partial charge in [-0.25, -0.2) is 4.79 Å². The maximum absolute atomic E-state index is 14.2. The molecule has 4 atom stereocenters.